The average Bonchev–Trinajstić information content (AvgIpc) is 3.35. The fourth-order valence-electron chi connectivity index (χ4n) is 3.27. The quantitative estimate of drug-likeness (QED) is 0.158. The number of nitrogens with two attached hydrogens (primary N) is 1. The molecule has 0 aromatic carbocycles. The number of thioether (sulfide) groups is 2. The van der Waals surface area contributed by atoms with Gasteiger partial charge >= 0.3 is 5.97 Å². The van der Waals surface area contributed by atoms with Crippen molar-refractivity contribution in [2.75, 3.05) is 5.73 Å². The van der Waals surface area contributed by atoms with Gasteiger partial charge in [-0.15, -0.1) is 11.8 Å². The van der Waals surface area contributed by atoms with Gasteiger partial charge in [0.15, 0.2) is 10.0 Å². The molecule has 6 N–H and O–H groups in total. The van der Waals surface area contributed by atoms with Crippen LogP contribution in [-0.4, -0.2) is 59.8 Å². The van der Waals surface area contributed by atoms with E-state index in [1.807, 2.05) is 0 Å². The molecule has 0 spiro atoms. The van der Waals surface area contributed by atoms with E-state index in [1.165, 1.54) is 6.20 Å². The Hall–Kier alpha value is -3.11. The topological polar surface area (TPSA) is 187 Å². The van der Waals surface area contributed by atoms with Crippen LogP contribution in [0.5, 0.6) is 0 Å². The number of oxime groups is 1. The number of nitrogens with one attached hydrogen (secondary N) is 2. The highest BCUT2D eigenvalue weighted by Gasteiger charge is 2.58. The number of hydrogen-bond acceptors (Lipinski definition) is 11. The Morgan fingerprint density at radius 2 is 2.34 bits per heavy atom. The minimum Gasteiger partial charge on any atom is -0.477 e. The smallest absolute Gasteiger partial charge is 0.353 e. The SMILES string of the molecule is Nc1nc(C2(NC(=O)/C=N\O)S[C@H]3CC(=O)N3C(C(=O)O)=C2SCc2cn[nH]c2)c(F)s1. The number of aromatic amines is 1. The number of amides is 2. The number of carboxylic acid groups (broad SMARTS) is 1. The van der Waals surface area contributed by atoms with Crippen LogP contribution in [0, 0.1) is 5.13 Å². The van der Waals surface area contributed by atoms with Gasteiger partial charge in [0.1, 0.15) is 17.6 Å². The maximum absolute atomic E-state index is 15.0. The van der Waals surface area contributed by atoms with E-state index in [2.05, 4.69) is 25.7 Å². The van der Waals surface area contributed by atoms with Crippen molar-refractivity contribution in [2.24, 2.45) is 5.16 Å². The van der Waals surface area contributed by atoms with Crippen LogP contribution in [0.1, 0.15) is 17.7 Å². The Morgan fingerprint density at radius 1 is 1.56 bits per heavy atom. The average molecular weight is 500 g/mol. The van der Waals surface area contributed by atoms with Gasteiger partial charge in [-0.05, 0) is 0 Å². The first-order valence-electron chi connectivity index (χ1n) is 8.77. The molecule has 2 aromatic rings. The summed E-state index contributed by atoms with van der Waals surface area (Å²) in [5.41, 5.74) is 5.67. The first-order valence-corrected chi connectivity index (χ1v) is 11.4. The number of thiazole rings is 1. The predicted molar refractivity (Wildman–Crippen MR) is 114 cm³/mol. The van der Waals surface area contributed by atoms with E-state index in [0.717, 1.165) is 28.4 Å². The molecule has 0 radical (unpaired) electrons. The normalized spacial score (nSPS) is 22.7. The monoisotopic (exact) mass is 499 g/mol. The molecule has 2 atom stereocenters. The van der Waals surface area contributed by atoms with Crippen LogP contribution in [0.25, 0.3) is 0 Å². The number of aliphatic carboxylic acids is 1. The summed E-state index contributed by atoms with van der Waals surface area (Å²) in [6.07, 6.45) is 3.63. The highest BCUT2D eigenvalue weighted by atomic mass is 32.2. The van der Waals surface area contributed by atoms with Crippen molar-refractivity contribution in [3.63, 3.8) is 0 Å². The molecular formula is C16H14FN7O5S3. The molecule has 2 amide bonds. The van der Waals surface area contributed by atoms with Gasteiger partial charge in [0, 0.05) is 17.5 Å². The molecule has 32 heavy (non-hydrogen) atoms. The van der Waals surface area contributed by atoms with Crippen LogP contribution in [0.2, 0.25) is 0 Å². The second-order valence-corrected chi connectivity index (χ2v) is 9.87. The van der Waals surface area contributed by atoms with Crippen molar-refractivity contribution in [3.8, 4) is 0 Å². The van der Waals surface area contributed by atoms with E-state index in [4.69, 9.17) is 10.9 Å². The second-order valence-electron chi connectivity index (χ2n) is 6.51. The number of nitrogen functional groups attached to an aromatic ring is 1. The maximum Gasteiger partial charge on any atom is 0.353 e. The molecule has 16 heteroatoms. The van der Waals surface area contributed by atoms with Crippen LogP contribution in [0.4, 0.5) is 9.52 Å². The molecule has 12 nitrogen and oxygen atoms in total. The maximum atomic E-state index is 15.0. The molecular weight excluding hydrogens is 485 g/mol. The standard InChI is InChI=1S/C16H14FN7O5S3/c17-13-11(22-15(18)31-13)16(23-7(25)4-21-29)12(30-5-6-2-19-20-3-6)10(14(27)28)24-8(26)1-9(24)32-16/h2-4,9,29H,1,5H2,(H2,18,22)(H,19,20)(H,23,25)(H,27,28)/b21-4-/t9-,16?/m0/s1. The van der Waals surface area contributed by atoms with Crippen LogP contribution < -0.4 is 11.1 Å². The molecule has 1 unspecified atom stereocenters. The first-order chi connectivity index (χ1) is 15.3. The van der Waals surface area contributed by atoms with Crippen LogP contribution in [0.15, 0.2) is 28.2 Å². The molecule has 1 fully saturated rings. The minimum atomic E-state index is -1.85. The van der Waals surface area contributed by atoms with Gasteiger partial charge in [0.2, 0.25) is 11.0 Å². The lowest BCUT2D eigenvalue weighted by Gasteiger charge is -2.50. The first kappa shape index (κ1) is 22.1. The van der Waals surface area contributed by atoms with E-state index < -0.39 is 38.9 Å². The molecule has 2 aromatic heterocycles. The predicted octanol–water partition coefficient (Wildman–Crippen LogP) is 0.851. The van der Waals surface area contributed by atoms with Gasteiger partial charge in [-0.2, -0.15) is 9.49 Å². The molecule has 168 valence electrons. The van der Waals surface area contributed by atoms with E-state index >= 15 is 0 Å². The van der Waals surface area contributed by atoms with Crippen molar-refractivity contribution < 1.29 is 29.1 Å². The molecule has 4 rings (SSSR count). The van der Waals surface area contributed by atoms with Gasteiger partial charge in [0.25, 0.3) is 5.91 Å². The number of anilines is 1. The molecule has 1 saturated heterocycles. The number of halogens is 1. The Morgan fingerprint density at radius 3 is 2.91 bits per heavy atom. The largest absolute Gasteiger partial charge is 0.477 e. The molecule has 0 saturated carbocycles. The summed E-state index contributed by atoms with van der Waals surface area (Å²) in [5, 5.41) is 28.8. The van der Waals surface area contributed by atoms with Crippen molar-refractivity contribution in [1.82, 2.24) is 25.4 Å². The van der Waals surface area contributed by atoms with Gasteiger partial charge < -0.3 is 21.4 Å². The lowest BCUT2D eigenvalue weighted by Crippen LogP contribution is -2.60. The molecule has 4 heterocycles. The summed E-state index contributed by atoms with van der Waals surface area (Å²) in [4.78, 5) is 40.2. The van der Waals surface area contributed by atoms with Gasteiger partial charge in [-0.3, -0.25) is 19.6 Å². The zero-order valence-corrected chi connectivity index (χ0v) is 18.3. The number of carbonyl (C=O) groups is 3. The van der Waals surface area contributed by atoms with E-state index in [1.54, 1.807) is 6.20 Å². The molecule has 2 aliphatic heterocycles. The summed E-state index contributed by atoms with van der Waals surface area (Å²) >= 11 is 2.45. The third kappa shape index (κ3) is 3.69. The fraction of sp³-hybridized carbons (Fsp3) is 0.250. The van der Waals surface area contributed by atoms with Crippen molar-refractivity contribution in [2.45, 2.75) is 22.4 Å². The van der Waals surface area contributed by atoms with E-state index in [9.17, 15) is 23.9 Å². The van der Waals surface area contributed by atoms with Crippen molar-refractivity contribution in [3.05, 3.63) is 39.4 Å². The van der Waals surface area contributed by atoms with Crippen LogP contribution in [0.3, 0.4) is 0 Å². The zero-order valence-electron chi connectivity index (χ0n) is 15.8. The third-order valence-electron chi connectivity index (χ3n) is 4.55. The summed E-state index contributed by atoms with van der Waals surface area (Å²) < 4.78 is 15.0. The van der Waals surface area contributed by atoms with E-state index in [-0.39, 0.29) is 27.9 Å². The zero-order chi connectivity index (χ0) is 23.0. The second kappa shape index (κ2) is 8.44. The number of fused-ring (bicyclic) bond motifs is 1. The van der Waals surface area contributed by atoms with Crippen molar-refractivity contribution in [1.29, 1.82) is 0 Å². The highest BCUT2D eigenvalue weighted by Crippen LogP contribution is 2.58. The van der Waals surface area contributed by atoms with Gasteiger partial charge in [-0.1, -0.05) is 28.3 Å². The Bertz CT molecular complexity index is 1150. The number of H-pyrrole nitrogens is 1. The van der Waals surface area contributed by atoms with Crippen LogP contribution in [-0.2, 0) is 25.0 Å². The number of carboxylic acids is 1. The van der Waals surface area contributed by atoms with Crippen LogP contribution >= 0.6 is 34.9 Å². The number of carbonyl (C=O) groups excluding carboxylic acids is 2. The Labute approximate surface area is 191 Å². The Balaban J connectivity index is 1.94. The number of hydrogen-bond donors (Lipinski definition) is 5. The fourth-order valence-corrected chi connectivity index (χ4v) is 6.98. The lowest BCUT2D eigenvalue weighted by molar-refractivity contribution is -0.146. The number of β-lactam (4-membered cyclic amide) rings is 1. The third-order valence-corrected chi connectivity index (χ3v) is 8.12. The highest BCUT2D eigenvalue weighted by molar-refractivity contribution is 8.06. The molecule has 2 aliphatic rings. The van der Waals surface area contributed by atoms with Gasteiger partial charge in [0.05, 0.1) is 22.9 Å². The summed E-state index contributed by atoms with van der Waals surface area (Å²) in [5.74, 6) is -2.60. The van der Waals surface area contributed by atoms with E-state index in [0.29, 0.717) is 23.1 Å². The summed E-state index contributed by atoms with van der Waals surface area (Å²) in [7, 11) is 0. The lowest BCUT2D eigenvalue weighted by atomic mass is 10.1. The number of aromatic nitrogens is 3. The number of rotatable bonds is 7. The molecule has 0 aliphatic carbocycles. The summed E-state index contributed by atoms with van der Waals surface area (Å²) in [6, 6.07) is 0. The minimum absolute atomic E-state index is 0.0198. The van der Waals surface area contributed by atoms with Gasteiger partial charge in [-0.25, -0.2) is 9.78 Å². The Kier molecular flexibility index (Phi) is 5.83. The number of nitrogens with zero attached hydrogens (tertiary/aromatic N) is 4. The van der Waals surface area contributed by atoms with Crippen molar-refractivity contribution >= 4 is 64.0 Å². The summed E-state index contributed by atoms with van der Waals surface area (Å²) in [6.45, 7) is 0. The molecule has 0 bridgehead atoms.